The number of para-hydroxylation sites is 1. The number of amides is 2. The predicted octanol–water partition coefficient (Wildman–Crippen LogP) is 6.01. The van der Waals surface area contributed by atoms with Crippen molar-refractivity contribution in [2.75, 3.05) is 11.9 Å². The van der Waals surface area contributed by atoms with E-state index in [1.807, 2.05) is 49.7 Å². The molecular weight excluding hydrogens is 595 g/mol. The van der Waals surface area contributed by atoms with Gasteiger partial charge in [-0.05, 0) is 44.0 Å². The van der Waals surface area contributed by atoms with Gasteiger partial charge in [0.15, 0.2) is 0 Å². The Hall–Kier alpha value is -3.80. The van der Waals surface area contributed by atoms with Crippen LogP contribution in [-0.2, 0) is 34.2 Å². The van der Waals surface area contributed by atoms with Crippen LogP contribution in [0.1, 0.15) is 58.5 Å². The Morgan fingerprint density at radius 3 is 2.77 bits per heavy atom. The molecule has 2 atom stereocenters. The number of fused-ring (bicyclic) bond motifs is 1. The molecule has 1 saturated heterocycles. The SMILES string of the molecule is CC(C)O[C@H]1C[C@@H](c2ncc(CCC(=O)O)s2)N(C(=O)Cc2cc(Cl)c(NC(=O)c3cn(C)c4ccccc34)cc2F)C1. The van der Waals surface area contributed by atoms with E-state index in [-0.39, 0.29) is 53.3 Å². The second kappa shape index (κ2) is 12.8. The molecule has 43 heavy (non-hydrogen) atoms. The number of benzene rings is 2. The van der Waals surface area contributed by atoms with Crippen LogP contribution in [0.4, 0.5) is 10.1 Å². The molecule has 0 aliphatic carbocycles. The van der Waals surface area contributed by atoms with E-state index in [4.69, 9.17) is 21.4 Å². The zero-order chi connectivity index (χ0) is 30.8. The van der Waals surface area contributed by atoms with Crippen LogP contribution in [0.5, 0.6) is 0 Å². The summed E-state index contributed by atoms with van der Waals surface area (Å²) < 4.78 is 23.2. The number of carbonyl (C=O) groups excluding carboxylic acids is 2. The van der Waals surface area contributed by atoms with E-state index in [0.29, 0.717) is 30.0 Å². The number of carboxylic acid groups (broad SMARTS) is 1. The molecule has 2 N–H and O–H groups in total. The number of likely N-dealkylation sites (tertiary alicyclic amines) is 1. The fraction of sp³-hybridized carbons (Fsp3) is 0.355. The summed E-state index contributed by atoms with van der Waals surface area (Å²) in [6.07, 6.45) is 3.71. The Labute approximate surface area is 257 Å². The third-order valence-corrected chi connectivity index (χ3v) is 8.83. The maximum Gasteiger partial charge on any atom is 0.303 e. The van der Waals surface area contributed by atoms with Gasteiger partial charge in [0.25, 0.3) is 5.91 Å². The highest BCUT2D eigenvalue weighted by Gasteiger charge is 2.39. The van der Waals surface area contributed by atoms with Crippen LogP contribution in [0.15, 0.2) is 48.8 Å². The van der Waals surface area contributed by atoms with Crippen molar-refractivity contribution < 1.29 is 28.6 Å². The van der Waals surface area contributed by atoms with Crippen LogP contribution >= 0.6 is 22.9 Å². The lowest BCUT2D eigenvalue weighted by atomic mass is 10.1. The summed E-state index contributed by atoms with van der Waals surface area (Å²) in [7, 11) is 1.84. The summed E-state index contributed by atoms with van der Waals surface area (Å²) in [6, 6.07) is 9.59. The van der Waals surface area contributed by atoms with E-state index in [9.17, 15) is 14.4 Å². The van der Waals surface area contributed by atoms with Gasteiger partial charge in [-0.3, -0.25) is 14.4 Å². The number of aryl methyl sites for hydroxylation is 2. The lowest BCUT2D eigenvalue weighted by Gasteiger charge is -2.23. The van der Waals surface area contributed by atoms with E-state index < -0.39 is 17.7 Å². The summed E-state index contributed by atoms with van der Waals surface area (Å²) in [6.45, 7) is 4.16. The molecule has 5 rings (SSSR count). The second-order valence-corrected chi connectivity index (χ2v) is 12.4. The highest BCUT2D eigenvalue weighted by Crippen LogP contribution is 2.37. The minimum atomic E-state index is -0.891. The van der Waals surface area contributed by atoms with Crippen molar-refractivity contribution >= 4 is 57.3 Å². The standard InChI is InChI=1S/C31H32ClFN4O5S/c1-17(2)42-19-12-27(31-34-14-20(43-31)8-9-29(39)40)37(15-19)28(38)11-18-10-23(32)25(13-24(18)33)35-30(41)22-16-36(3)26-7-5-4-6-21(22)26/h4-7,10,13-14,16-17,19,27H,8-9,11-12,15H2,1-3H3,(H,35,41)(H,39,40)/t19-,27-/m0/s1. The minimum absolute atomic E-state index is 0.00748. The zero-order valence-electron chi connectivity index (χ0n) is 24.0. The van der Waals surface area contributed by atoms with Crippen molar-refractivity contribution in [2.24, 2.45) is 7.05 Å². The molecule has 1 fully saturated rings. The molecular formula is C31H32ClFN4O5S. The van der Waals surface area contributed by atoms with Gasteiger partial charge in [0, 0.05) is 48.2 Å². The Kier molecular flexibility index (Phi) is 9.14. The van der Waals surface area contributed by atoms with Crippen LogP contribution in [0.3, 0.4) is 0 Å². The molecule has 0 unspecified atom stereocenters. The van der Waals surface area contributed by atoms with Crippen molar-refractivity contribution in [1.29, 1.82) is 0 Å². The summed E-state index contributed by atoms with van der Waals surface area (Å²) in [5, 5.41) is 13.3. The molecule has 226 valence electrons. The van der Waals surface area contributed by atoms with Crippen molar-refractivity contribution in [3.05, 3.63) is 80.6 Å². The number of carboxylic acids is 1. The van der Waals surface area contributed by atoms with E-state index in [1.165, 1.54) is 17.4 Å². The molecule has 1 aliphatic heterocycles. The van der Waals surface area contributed by atoms with Gasteiger partial charge in [0.2, 0.25) is 5.91 Å². The first kappa shape index (κ1) is 30.7. The first-order valence-electron chi connectivity index (χ1n) is 13.9. The number of hydrogen-bond acceptors (Lipinski definition) is 6. The number of thiazole rings is 1. The number of rotatable bonds is 10. The third kappa shape index (κ3) is 6.90. The Bertz CT molecular complexity index is 1690. The van der Waals surface area contributed by atoms with Gasteiger partial charge in [-0.1, -0.05) is 29.8 Å². The van der Waals surface area contributed by atoms with Crippen molar-refractivity contribution in [2.45, 2.75) is 57.8 Å². The highest BCUT2D eigenvalue weighted by molar-refractivity contribution is 7.11. The largest absolute Gasteiger partial charge is 0.481 e. The molecule has 0 bridgehead atoms. The summed E-state index contributed by atoms with van der Waals surface area (Å²) in [5.74, 6) is -2.30. The van der Waals surface area contributed by atoms with Gasteiger partial charge in [-0.15, -0.1) is 11.3 Å². The molecule has 3 heterocycles. The van der Waals surface area contributed by atoms with Crippen LogP contribution in [0.2, 0.25) is 5.02 Å². The predicted molar refractivity (Wildman–Crippen MR) is 163 cm³/mol. The van der Waals surface area contributed by atoms with E-state index in [1.54, 1.807) is 17.3 Å². The maximum absolute atomic E-state index is 15.3. The Morgan fingerprint density at radius 2 is 2.02 bits per heavy atom. The Balaban J connectivity index is 1.32. The van der Waals surface area contributed by atoms with Crippen molar-refractivity contribution in [1.82, 2.24) is 14.5 Å². The van der Waals surface area contributed by atoms with E-state index in [0.717, 1.165) is 21.8 Å². The number of ether oxygens (including phenoxy) is 1. The lowest BCUT2D eigenvalue weighted by Crippen LogP contribution is -2.33. The van der Waals surface area contributed by atoms with Gasteiger partial charge in [0.05, 0.1) is 47.4 Å². The van der Waals surface area contributed by atoms with Crippen LogP contribution in [-0.4, -0.2) is 56.1 Å². The van der Waals surface area contributed by atoms with Crippen LogP contribution in [0.25, 0.3) is 10.9 Å². The molecule has 2 aromatic carbocycles. The topological polar surface area (TPSA) is 114 Å². The summed E-state index contributed by atoms with van der Waals surface area (Å²) >= 11 is 7.85. The summed E-state index contributed by atoms with van der Waals surface area (Å²) in [5.41, 5.74) is 1.52. The number of carbonyl (C=O) groups is 3. The monoisotopic (exact) mass is 626 g/mol. The van der Waals surface area contributed by atoms with Gasteiger partial charge < -0.3 is 24.6 Å². The quantitative estimate of drug-likeness (QED) is 0.223. The maximum atomic E-state index is 15.3. The molecule has 2 amide bonds. The van der Waals surface area contributed by atoms with Crippen LogP contribution in [0, 0.1) is 5.82 Å². The van der Waals surface area contributed by atoms with E-state index >= 15 is 4.39 Å². The fourth-order valence-corrected chi connectivity index (χ4v) is 6.69. The molecule has 1 aliphatic rings. The molecule has 0 saturated carbocycles. The van der Waals surface area contributed by atoms with Gasteiger partial charge in [-0.25, -0.2) is 9.37 Å². The van der Waals surface area contributed by atoms with E-state index in [2.05, 4.69) is 10.3 Å². The number of anilines is 1. The lowest BCUT2D eigenvalue weighted by molar-refractivity contribution is -0.137. The number of aromatic nitrogens is 2. The molecule has 2 aromatic heterocycles. The Morgan fingerprint density at radius 1 is 1.26 bits per heavy atom. The first-order valence-corrected chi connectivity index (χ1v) is 15.1. The third-order valence-electron chi connectivity index (χ3n) is 7.36. The number of halogens is 2. The van der Waals surface area contributed by atoms with Gasteiger partial charge in [0.1, 0.15) is 10.8 Å². The summed E-state index contributed by atoms with van der Waals surface area (Å²) in [4.78, 5) is 44.6. The molecule has 12 heteroatoms. The molecule has 0 spiro atoms. The van der Waals surface area contributed by atoms with Crippen molar-refractivity contribution in [3.63, 3.8) is 0 Å². The van der Waals surface area contributed by atoms with Gasteiger partial charge in [-0.2, -0.15) is 0 Å². The average molecular weight is 627 g/mol. The number of nitrogens with one attached hydrogen (secondary N) is 1. The molecule has 0 radical (unpaired) electrons. The number of hydrogen-bond donors (Lipinski definition) is 2. The first-order chi connectivity index (χ1) is 20.5. The molecule has 9 nitrogen and oxygen atoms in total. The molecule has 4 aromatic rings. The minimum Gasteiger partial charge on any atom is -0.481 e. The normalized spacial score (nSPS) is 16.7. The fourth-order valence-electron chi connectivity index (χ4n) is 5.41. The average Bonchev–Trinajstić information content (AvgIpc) is 3.67. The zero-order valence-corrected chi connectivity index (χ0v) is 25.5. The second-order valence-electron chi connectivity index (χ2n) is 10.9. The highest BCUT2D eigenvalue weighted by atomic mass is 35.5. The van der Waals surface area contributed by atoms with Crippen molar-refractivity contribution in [3.8, 4) is 0 Å². The smallest absolute Gasteiger partial charge is 0.303 e. The number of nitrogens with zero attached hydrogens (tertiary/aromatic N) is 3. The van der Waals surface area contributed by atoms with Gasteiger partial charge >= 0.3 is 5.97 Å². The van der Waals surface area contributed by atoms with Crippen LogP contribution < -0.4 is 5.32 Å². The number of aliphatic carboxylic acids is 1.